The van der Waals surface area contributed by atoms with Crippen LogP contribution in [-0.4, -0.2) is 31.3 Å². The first-order valence-corrected chi connectivity index (χ1v) is 9.81. The van der Waals surface area contributed by atoms with Gasteiger partial charge in [-0.2, -0.15) is 0 Å². The lowest BCUT2D eigenvalue weighted by Crippen LogP contribution is -2.28. The molecule has 0 bridgehead atoms. The number of piperidine rings is 1. The van der Waals surface area contributed by atoms with Crippen molar-refractivity contribution >= 4 is 40.5 Å². The second kappa shape index (κ2) is 7.92. The zero-order chi connectivity index (χ0) is 18.6. The van der Waals surface area contributed by atoms with Gasteiger partial charge in [-0.1, -0.05) is 0 Å². The maximum atomic E-state index is 12.2. The molecule has 4 rings (SSSR count). The van der Waals surface area contributed by atoms with E-state index in [4.69, 9.17) is 9.15 Å². The molecule has 140 valence electrons. The van der Waals surface area contributed by atoms with E-state index in [9.17, 15) is 4.79 Å². The predicted octanol–water partition coefficient (Wildman–Crippen LogP) is 4.17. The van der Waals surface area contributed by atoms with Crippen molar-refractivity contribution < 1.29 is 13.9 Å². The summed E-state index contributed by atoms with van der Waals surface area (Å²) in [6.07, 6.45) is 5.44. The molecule has 0 atom stereocenters. The normalized spacial score (nSPS) is 20.3. The number of benzene rings is 1. The molecule has 2 saturated heterocycles. The second-order valence-electron chi connectivity index (χ2n) is 6.40. The van der Waals surface area contributed by atoms with E-state index in [-0.39, 0.29) is 5.91 Å². The van der Waals surface area contributed by atoms with Gasteiger partial charge in [0, 0.05) is 25.2 Å². The number of thioether (sulfide) groups is 1. The Morgan fingerprint density at radius 3 is 2.67 bits per heavy atom. The first kappa shape index (κ1) is 17.7. The van der Waals surface area contributed by atoms with Crippen LogP contribution in [0.1, 0.15) is 25.0 Å². The third kappa shape index (κ3) is 4.19. The van der Waals surface area contributed by atoms with Gasteiger partial charge >= 0.3 is 0 Å². The summed E-state index contributed by atoms with van der Waals surface area (Å²) in [5.41, 5.74) is 0.755. The number of amidine groups is 1. The summed E-state index contributed by atoms with van der Waals surface area (Å²) in [6, 6.07) is 11.2. The first-order valence-electron chi connectivity index (χ1n) is 9.00. The number of hydrogen-bond acceptors (Lipinski definition) is 6. The molecule has 1 aromatic carbocycles. The van der Waals surface area contributed by atoms with Gasteiger partial charge in [0.15, 0.2) is 11.1 Å². The number of rotatable bonds is 4. The Kier molecular flexibility index (Phi) is 5.20. The maximum absolute atomic E-state index is 12.2. The van der Waals surface area contributed by atoms with Gasteiger partial charge in [0.1, 0.15) is 11.5 Å². The first-order chi connectivity index (χ1) is 13.2. The fourth-order valence-corrected chi connectivity index (χ4v) is 3.91. The van der Waals surface area contributed by atoms with Gasteiger partial charge in [0.2, 0.25) is 0 Å². The Morgan fingerprint density at radius 2 is 1.93 bits per heavy atom. The highest BCUT2D eigenvalue weighted by molar-refractivity contribution is 8.18. The zero-order valence-electron chi connectivity index (χ0n) is 15.1. The van der Waals surface area contributed by atoms with Crippen molar-refractivity contribution in [1.29, 1.82) is 0 Å². The summed E-state index contributed by atoms with van der Waals surface area (Å²) in [5, 5.41) is 3.35. The number of anilines is 1. The molecule has 2 aromatic rings. The Morgan fingerprint density at radius 1 is 1.15 bits per heavy atom. The lowest BCUT2D eigenvalue weighted by molar-refractivity contribution is -0.115. The van der Waals surface area contributed by atoms with Crippen molar-refractivity contribution in [3.63, 3.8) is 0 Å². The molecule has 0 aliphatic carbocycles. The number of methoxy groups -OCH3 is 1. The molecule has 1 amide bonds. The van der Waals surface area contributed by atoms with E-state index in [0.29, 0.717) is 15.8 Å². The summed E-state index contributed by atoms with van der Waals surface area (Å²) < 4.78 is 11.1. The SMILES string of the molecule is COc1ccc(N=C2NC(=O)/C(=C/c3ccc(N4CCCCC4)o3)S2)cc1. The van der Waals surface area contributed by atoms with Crippen molar-refractivity contribution in [2.75, 3.05) is 25.1 Å². The van der Waals surface area contributed by atoms with Gasteiger partial charge in [0.05, 0.1) is 17.7 Å². The van der Waals surface area contributed by atoms with E-state index < -0.39 is 0 Å². The maximum Gasteiger partial charge on any atom is 0.264 e. The zero-order valence-corrected chi connectivity index (χ0v) is 15.9. The summed E-state index contributed by atoms with van der Waals surface area (Å²) in [5.74, 6) is 2.16. The van der Waals surface area contributed by atoms with Crippen LogP contribution in [0.2, 0.25) is 0 Å². The highest BCUT2D eigenvalue weighted by Gasteiger charge is 2.24. The van der Waals surface area contributed by atoms with E-state index in [1.165, 1.54) is 31.0 Å². The molecule has 0 unspecified atom stereocenters. The number of furan rings is 1. The molecule has 1 aromatic heterocycles. The van der Waals surface area contributed by atoms with Crippen LogP contribution in [0.5, 0.6) is 5.75 Å². The van der Waals surface area contributed by atoms with Crippen LogP contribution >= 0.6 is 11.8 Å². The molecule has 2 fully saturated rings. The van der Waals surface area contributed by atoms with E-state index in [0.717, 1.165) is 30.4 Å². The molecule has 7 heteroatoms. The minimum atomic E-state index is -0.164. The Hall–Kier alpha value is -2.67. The number of nitrogens with one attached hydrogen (secondary N) is 1. The van der Waals surface area contributed by atoms with Crippen LogP contribution in [0.4, 0.5) is 11.6 Å². The molecule has 2 aliphatic rings. The third-order valence-electron chi connectivity index (χ3n) is 4.51. The molecule has 3 heterocycles. The highest BCUT2D eigenvalue weighted by Crippen LogP contribution is 2.30. The topological polar surface area (TPSA) is 67.1 Å². The number of amides is 1. The Balaban J connectivity index is 1.47. The van der Waals surface area contributed by atoms with Crippen molar-refractivity contribution in [1.82, 2.24) is 5.32 Å². The van der Waals surface area contributed by atoms with E-state index in [1.54, 1.807) is 13.2 Å². The average molecular weight is 383 g/mol. The Bertz CT molecular complexity index is 880. The van der Waals surface area contributed by atoms with Crippen molar-refractivity contribution in [2.45, 2.75) is 19.3 Å². The van der Waals surface area contributed by atoms with Gasteiger partial charge in [-0.25, -0.2) is 4.99 Å². The smallest absolute Gasteiger partial charge is 0.264 e. The summed E-state index contributed by atoms with van der Waals surface area (Å²) in [6.45, 7) is 2.05. The summed E-state index contributed by atoms with van der Waals surface area (Å²) in [4.78, 5) is 19.5. The molecule has 0 spiro atoms. The molecular formula is C20H21N3O3S. The highest BCUT2D eigenvalue weighted by atomic mass is 32.2. The van der Waals surface area contributed by atoms with Crippen LogP contribution in [0.3, 0.4) is 0 Å². The van der Waals surface area contributed by atoms with Gasteiger partial charge < -0.3 is 19.4 Å². The molecule has 6 nitrogen and oxygen atoms in total. The molecule has 2 aliphatic heterocycles. The lowest BCUT2D eigenvalue weighted by atomic mass is 10.1. The van der Waals surface area contributed by atoms with Crippen LogP contribution < -0.4 is 15.0 Å². The summed E-state index contributed by atoms with van der Waals surface area (Å²) in [7, 11) is 1.62. The second-order valence-corrected chi connectivity index (χ2v) is 7.43. The number of carbonyl (C=O) groups excluding carboxylic acids is 1. The lowest BCUT2D eigenvalue weighted by Gasteiger charge is -2.25. The molecule has 27 heavy (non-hydrogen) atoms. The van der Waals surface area contributed by atoms with Crippen LogP contribution in [0.25, 0.3) is 6.08 Å². The van der Waals surface area contributed by atoms with Crippen molar-refractivity contribution in [3.05, 3.63) is 47.1 Å². The predicted molar refractivity (Wildman–Crippen MR) is 109 cm³/mol. The number of aliphatic imine (C=N–C) groups is 1. The molecule has 1 N–H and O–H groups in total. The number of ether oxygens (including phenoxy) is 1. The number of carbonyl (C=O) groups is 1. The fraction of sp³-hybridized carbons (Fsp3) is 0.300. The molecular weight excluding hydrogens is 362 g/mol. The number of nitrogens with zero attached hydrogens (tertiary/aromatic N) is 2. The minimum absolute atomic E-state index is 0.164. The van der Waals surface area contributed by atoms with Gasteiger partial charge in [-0.3, -0.25) is 4.79 Å². The van der Waals surface area contributed by atoms with E-state index in [1.807, 2.05) is 36.4 Å². The number of hydrogen-bond donors (Lipinski definition) is 1. The van der Waals surface area contributed by atoms with E-state index >= 15 is 0 Å². The Labute approximate surface area is 162 Å². The minimum Gasteiger partial charge on any atom is -0.497 e. The molecule has 0 radical (unpaired) electrons. The van der Waals surface area contributed by atoms with Crippen LogP contribution in [-0.2, 0) is 4.79 Å². The standard InChI is InChI=1S/C20H21N3O3S/c1-25-15-7-5-14(6-8-15)21-20-22-19(24)17(27-20)13-16-9-10-18(26-16)23-11-3-2-4-12-23/h5-10,13H,2-4,11-12H2,1H3,(H,21,22,24)/b17-13-. The van der Waals surface area contributed by atoms with Gasteiger partial charge in [0.25, 0.3) is 5.91 Å². The van der Waals surface area contributed by atoms with Gasteiger partial charge in [-0.15, -0.1) is 0 Å². The average Bonchev–Trinajstić information content (AvgIpc) is 3.30. The van der Waals surface area contributed by atoms with Crippen LogP contribution in [0, 0.1) is 0 Å². The van der Waals surface area contributed by atoms with Gasteiger partial charge in [-0.05, 0) is 61.4 Å². The van der Waals surface area contributed by atoms with Crippen LogP contribution in [0.15, 0.2) is 50.7 Å². The third-order valence-corrected chi connectivity index (χ3v) is 5.42. The van der Waals surface area contributed by atoms with E-state index in [2.05, 4.69) is 15.2 Å². The fourth-order valence-electron chi connectivity index (χ4n) is 3.09. The largest absolute Gasteiger partial charge is 0.497 e. The van der Waals surface area contributed by atoms with Crippen molar-refractivity contribution in [3.8, 4) is 5.75 Å². The molecule has 0 saturated carbocycles. The quantitative estimate of drug-likeness (QED) is 0.803. The summed E-state index contributed by atoms with van der Waals surface area (Å²) >= 11 is 1.31. The monoisotopic (exact) mass is 383 g/mol. The van der Waals surface area contributed by atoms with Crippen molar-refractivity contribution in [2.24, 2.45) is 4.99 Å².